The third-order valence-electron chi connectivity index (χ3n) is 5.33. The highest BCUT2D eigenvalue weighted by Gasteiger charge is 2.33. The van der Waals surface area contributed by atoms with E-state index in [1.54, 1.807) is 42.9 Å². The standard InChI is InChI=1S/C21H28FN7O2/c1-12(2)28-10-6-7-16(21(28)31)25-17-11-18(23-4)29(24-5)19(27-17)13(3)20(30)26-15-9-8-14(15)22/h6-7,10-12,14-15,25,27H,5,8-9H2,1-4H3,(H,26,30)/b19-13+,23-18?/t14-,15-/m0/s1. The third-order valence-corrected chi connectivity index (χ3v) is 5.33. The Morgan fingerprint density at radius 1 is 1.39 bits per heavy atom. The second-order valence-corrected chi connectivity index (χ2v) is 7.72. The summed E-state index contributed by atoms with van der Waals surface area (Å²) in [6.07, 6.45) is 3.41. The summed E-state index contributed by atoms with van der Waals surface area (Å²) in [5.74, 6) is 0.744. The van der Waals surface area contributed by atoms with Crippen LogP contribution in [-0.2, 0) is 4.79 Å². The molecule has 1 saturated carbocycles. The molecule has 3 N–H and O–H groups in total. The molecule has 2 aliphatic rings. The first-order chi connectivity index (χ1) is 14.8. The lowest BCUT2D eigenvalue weighted by Crippen LogP contribution is -2.49. The Morgan fingerprint density at radius 3 is 2.68 bits per heavy atom. The summed E-state index contributed by atoms with van der Waals surface area (Å²) < 4.78 is 15.2. The Kier molecular flexibility index (Phi) is 6.57. The molecule has 2 heterocycles. The van der Waals surface area contributed by atoms with Gasteiger partial charge in [-0.15, -0.1) is 0 Å². The lowest BCUT2D eigenvalue weighted by Gasteiger charge is -2.33. The minimum atomic E-state index is -1.03. The number of hydrogen-bond donors (Lipinski definition) is 3. The van der Waals surface area contributed by atoms with E-state index >= 15 is 0 Å². The molecule has 3 rings (SSSR count). The fourth-order valence-corrected chi connectivity index (χ4v) is 3.31. The lowest BCUT2D eigenvalue weighted by molar-refractivity contribution is -0.119. The molecule has 1 aromatic rings. The normalized spacial score (nSPS) is 23.6. The van der Waals surface area contributed by atoms with E-state index in [0.717, 1.165) is 0 Å². The Hall–Kier alpha value is -3.43. The maximum Gasteiger partial charge on any atom is 0.274 e. The number of alkyl halides is 1. The molecule has 1 amide bonds. The summed E-state index contributed by atoms with van der Waals surface area (Å²) in [5, 5.41) is 14.2. The molecule has 1 fully saturated rings. The predicted octanol–water partition coefficient (Wildman–Crippen LogP) is 2.08. The van der Waals surface area contributed by atoms with Crippen molar-refractivity contribution in [3.63, 3.8) is 0 Å². The van der Waals surface area contributed by atoms with Gasteiger partial charge in [0.05, 0.1) is 11.6 Å². The highest BCUT2D eigenvalue weighted by Crippen LogP contribution is 2.24. The van der Waals surface area contributed by atoms with Crippen molar-refractivity contribution in [3.05, 3.63) is 52.0 Å². The zero-order valence-electron chi connectivity index (χ0n) is 18.1. The van der Waals surface area contributed by atoms with Crippen LogP contribution in [0.3, 0.4) is 0 Å². The number of aliphatic imine (C=N–C) groups is 1. The van der Waals surface area contributed by atoms with Gasteiger partial charge in [-0.25, -0.2) is 4.39 Å². The van der Waals surface area contributed by atoms with Crippen molar-refractivity contribution in [2.45, 2.75) is 51.9 Å². The summed E-state index contributed by atoms with van der Waals surface area (Å²) in [5.41, 5.74) is 0.466. The Balaban J connectivity index is 1.92. The molecule has 0 spiro atoms. The monoisotopic (exact) mass is 429 g/mol. The van der Waals surface area contributed by atoms with Gasteiger partial charge >= 0.3 is 0 Å². The van der Waals surface area contributed by atoms with Gasteiger partial charge in [-0.05, 0) is 45.7 Å². The molecule has 0 saturated heterocycles. The zero-order chi connectivity index (χ0) is 22.7. The van der Waals surface area contributed by atoms with E-state index in [1.165, 1.54) is 5.01 Å². The van der Waals surface area contributed by atoms with Crippen LogP contribution in [0.1, 0.15) is 39.7 Å². The quantitative estimate of drug-likeness (QED) is 0.475. The Morgan fingerprint density at radius 2 is 2.13 bits per heavy atom. The Bertz CT molecular complexity index is 1020. The molecule has 1 aliphatic heterocycles. The van der Waals surface area contributed by atoms with Crippen molar-refractivity contribution in [2.75, 3.05) is 12.4 Å². The number of carbonyl (C=O) groups excluding carboxylic acids is 1. The lowest BCUT2D eigenvalue weighted by atomic mass is 9.90. The van der Waals surface area contributed by atoms with Gasteiger partial charge in [-0.2, -0.15) is 10.1 Å². The molecule has 166 valence electrons. The minimum absolute atomic E-state index is 0.00278. The van der Waals surface area contributed by atoms with Crippen LogP contribution in [0.15, 0.2) is 56.5 Å². The summed E-state index contributed by atoms with van der Waals surface area (Å²) in [6.45, 7) is 9.00. The Labute approximate surface area is 180 Å². The number of aromatic nitrogens is 1. The molecule has 0 radical (unpaired) electrons. The average molecular weight is 430 g/mol. The van der Waals surface area contributed by atoms with Crippen molar-refractivity contribution in [2.24, 2.45) is 10.1 Å². The largest absolute Gasteiger partial charge is 0.347 e. The number of hydrazone groups is 1. The molecule has 0 bridgehead atoms. The van der Waals surface area contributed by atoms with Gasteiger partial charge in [0.1, 0.15) is 23.5 Å². The summed E-state index contributed by atoms with van der Waals surface area (Å²) >= 11 is 0. The second-order valence-electron chi connectivity index (χ2n) is 7.72. The van der Waals surface area contributed by atoms with Crippen molar-refractivity contribution >= 4 is 24.1 Å². The van der Waals surface area contributed by atoms with Gasteiger partial charge in [0.2, 0.25) is 0 Å². The van der Waals surface area contributed by atoms with Crippen LogP contribution >= 0.6 is 0 Å². The van der Waals surface area contributed by atoms with Crippen LogP contribution < -0.4 is 21.5 Å². The molecule has 10 heteroatoms. The van der Waals surface area contributed by atoms with Gasteiger partial charge < -0.3 is 20.5 Å². The van der Waals surface area contributed by atoms with Crippen molar-refractivity contribution in [3.8, 4) is 0 Å². The van der Waals surface area contributed by atoms with Crippen molar-refractivity contribution < 1.29 is 9.18 Å². The number of amidine groups is 1. The van der Waals surface area contributed by atoms with Crippen molar-refractivity contribution in [1.82, 2.24) is 20.2 Å². The van der Waals surface area contributed by atoms with Crippen LogP contribution in [0.5, 0.6) is 0 Å². The maximum atomic E-state index is 13.6. The van der Waals surface area contributed by atoms with Crippen LogP contribution in [0.25, 0.3) is 0 Å². The SMILES string of the molecule is C=NN1C(=NC)C=C(Nc2cccn(C(C)C)c2=O)N/C1=C(/C)C(=O)N[C@H]1CC[C@@H]1F. The summed E-state index contributed by atoms with van der Waals surface area (Å²) in [6, 6.07) is 2.97. The number of anilines is 1. The first kappa shape index (κ1) is 22.3. The van der Waals surface area contributed by atoms with E-state index in [4.69, 9.17) is 0 Å². The summed E-state index contributed by atoms with van der Waals surface area (Å²) in [4.78, 5) is 29.6. The number of amides is 1. The van der Waals surface area contributed by atoms with E-state index < -0.39 is 18.1 Å². The van der Waals surface area contributed by atoms with E-state index in [1.807, 2.05) is 13.8 Å². The third kappa shape index (κ3) is 4.52. The van der Waals surface area contributed by atoms with E-state index in [2.05, 4.69) is 32.8 Å². The number of nitrogens with zero attached hydrogens (tertiary/aromatic N) is 4. The summed E-state index contributed by atoms with van der Waals surface area (Å²) in [7, 11) is 1.58. The molecule has 2 atom stereocenters. The fourth-order valence-electron chi connectivity index (χ4n) is 3.31. The van der Waals surface area contributed by atoms with E-state index in [-0.39, 0.29) is 17.2 Å². The van der Waals surface area contributed by atoms with Gasteiger partial charge in [0.15, 0.2) is 5.84 Å². The molecule has 31 heavy (non-hydrogen) atoms. The molecular weight excluding hydrogens is 401 g/mol. The number of pyridine rings is 1. The highest BCUT2D eigenvalue weighted by atomic mass is 19.1. The highest BCUT2D eigenvalue weighted by molar-refractivity contribution is 5.99. The number of halogens is 1. The maximum absolute atomic E-state index is 13.6. The topological polar surface area (TPSA) is 103 Å². The second kappa shape index (κ2) is 9.15. The van der Waals surface area contributed by atoms with Crippen LogP contribution in [0.4, 0.5) is 10.1 Å². The van der Waals surface area contributed by atoms with Gasteiger partial charge in [0.25, 0.3) is 11.5 Å². The van der Waals surface area contributed by atoms with Crippen LogP contribution in [0.2, 0.25) is 0 Å². The van der Waals surface area contributed by atoms with Gasteiger partial charge in [-0.3, -0.25) is 14.6 Å². The van der Waals surface area contributed by atoms with E-state index in [0.29, 0.717) is 36.0 Å². The zero-order valence-corrected chi connectivity index (χ0v) is 18.1. The fraction of sp³-hybridized carbons (Fsp3) is 0.429. The molecule has 9 nitrogen and oxygen atoms in total. The van der Waals surface area contributed by atoms with Crippen molar-refractivity contribution in [1.29, 1.82) is 0 Å². The smallest absolute Gasteiger partial charge is 0.274 e. The molecule has 0 aromatic carbocycles. The number of rotatable bonds is 6. The molecule has 1 aliphatic carbocycles. The number of carbonyl (C=O) groups is 1. The van der Waals surface area contributed by atoms with Gasteiger partial charge in [-0.1, -0.05) is 0 Å². The minimum Gasteiger partial charge on any atom is -0.347 e. The van der Waals surface area contributed by atoms with E-state index in [9.17, 15) is 14.0 Å². The first-order valence-corrected chi connectivity index (χ1v) is 10.1. The van der Waals surface area contributed by atoms with Crippen LogP contribution in [0, 0.1) is 0 Å². The first-order valence-electron chi connectivity index (χ1n) is 10.1. The number of nitrogens with one attached hydrogen (secondary N) is 3. The molecular formula is C21H28FN7O2. The molecule has 1 aromatic heterocycles. The average Bonchev–Trinajstić information content (AvgIpc) is 2.76. The van der Waals surface area contributed by atoms with Gasteiger partial charge in [0, 0.05) is 32.1 Å². The predicted molar refractivity (Wildman–Crippen MR) is 119 cm³/mol. The molecule has 0 unspecified atom stereocenters. The van der Waals surface area contributed by atoms with Crippen LogP contribution in [-0.4, -0.2) is 47.3 Å². The number of hydrogen-bond acceptors (Lipinski definition) is 6.